The monoisotopic (exact) mass is 252 g/mol. The van der Waals surface area contributed by atoms with Gasteiger partial charge >= 0.3 is 0 Å². The number of hydrogen-bond donors (Lipinski definition) is 1. The van der Waals surface area contributed by atoms with E-state index >= 15 is 0 Å². The summed E-state index contributed by atoms with van der Waals surface area (Å²) in [6.45, 7) is 8.04. The van der Waals surface area contributed by atoms with E-state index in [1.54, 1.807) is 7.11 Å². The molecule has 0 heterocycles. The van der Waals surface area contributed by atoms with E-state index in [0.29, 0.717) is 0 Å². The lowest BCUT2D eigenvalue weighted by Crippen LogP contribution is -2.48. The summed E-state index contributed by atoms with van der Waals surface area (Å²) in [5, 5.41) is 0.858. The van der Waals surface area contributed by atoms with Crippen LogP contribution >= 0.6 is 11.4 Å². The van der Waals surface area contributed by atoms with Gasteiger partial charge in [0, 0.05) is 7.11 Å². The van der Waals surface area contributed by atoms with Crippen molar-refractivity contribution in [2.75, 3.05) is 13.4 Å². The van der Waals surface area contributed by atoms with Crippen molar-refractivity contribution in [1.82, 2.24) is 0 Å². The highest BCUT2D eigenvalue weighted by Gasteiger charge is 2.33. The summed E-state index contributed by atoms with van der Waals surface area (Å²) in [6, 6.07) is 0. The molecule has 0 rings (SSSR count). The second kappa shape index (κ2) is 6.80. The number of methoxy groups -OCH3 is 1. The van der Waals surface area contributed by atoms with E-state index < -0.39 is 5.41 Å². The van der Waals surface area contributed by atoms with Crippen molar-refractivity contribution < 1.29 is 14.2 Å². The topological polar surface area (TPSA) is 27.7 Å². The molecule has 0 aliphatic heterocycles. The van der Waals surface area contributed by atoms with Gasteiger partial charge in [0.05, 0.1) is 22.5 Å². The van der Waals surface area contributed by atoms with E-state index in [4.69, 9.17) is 14.2 Å². The average molecular weight is 252 g/mol. The Kier molecular flexibility index (Phi) is 6.95. The fourth-order valence-electron chi connectivity index (χ4n) is 1.51. The molecule has 15 heavy (non-hydrogen) atoms. The number of hydrogen-bond acceptors (Lipinski definition) is 3. The van der Waals surface area contributed by atoms with Gasteiger partial charge in [-0.25, -0.2) is 0 Å². The third kappa shape index (κ3) is 5.26. The molecular formula is C10H24O3SSi. The molecule has 0 saturated carbocycles. The first-order chi connectivity index (χ1) is 6.85. The van der Waals surface area contributed by atoms with Gasteiger partial charge in [0.2, 0.25) is 0 Å². The molecular weight excluding hydrogens is 228 g/mol. The molecule has 0 aromatic heterocycles. The van der Waals surface area contributed by atoms with Crippen molar-refractivity contribution in [3.63, 3.8) is 0 Å². The van der Waals surface area contributed by atoms with Gasteiger partial charge in [-0.05, 0) is 34.0 Å². The summed E-state index contributed by atoms with van der Waals surface area (Å²) in [5.74, 6) is 0. The zero-order chi connectivity index (χ0) is 12.1. The molecule has 0 saturated heterocycles. The summed E-state index contributed by atoms with van der Waals surface area (Å²) in [4.78, 5) is 0. The lowest BCUT2D eigenvalue weighted by Gasteiger charge is -2.34. The maximum Gasteiger partial charge on any atom is 0.192 e. The third-order valence-electron chi connectivity index (χ3n) is 1.71. The van der Waals surface area contributed by atoms with Crippen LogP contribution in [0.15, 0.2) is 0 Å². The summed E-state index contributed by atoms with van der Waals surface area (Å²) in [7, 11) is 2.43. The minimum atomic E-state index is -0.618. The van der Waals surface area contributed by atoms with Gasteiger partial charge in [0.15, 0.2) is 5.41 Å². The second-order valence-corrected chi connectivity index (χ2v) is 6.18. The summed E-state index contributed by atoms with van der Waals surface area (Å²) >= 11 is 1.06. The molecule has 3 nitrogen and oxygen atoms in total. The van der Waals surface area contributed by atoms with E-state index in [2.05, 4.69) is 0 Å². The van der Waals surface area contributed by atoms with Crippen molar-refractivity contribution >= 4 is 26.6 Å². The molecule has 0 aliphatic rings. The molecule has 0 aromatic rings. The van der Waals surface area contributed by atoms with Gasteiger partial charge in [-0.2, -0.15) is 11.4 Å². The van der Waals surface area contributed by atoms with E-state index in [-0.39, 0.29) is 12.2 Å². The van der Waals surface area contributed by atoms with E-state index in [9.17, 15) is 0 Å². The number of ether oxygens (including phenoxy) is 3. The minimum absolute atomic E-state index is 0.133. The SMILES string of the molecule is COC(=[SH]C)C([SiH3])(OC(C)C)OC(C)C. The van der Waals surface area contributed by atoms with Crippen molar-refractivity contribution in [3.05, 3.63) is 0 Å². The van der Waals surface area contributed by atoms with Crippen LogP contribution in [0, 0.1) is 0 Å². The van der Waals surface area contributed by atoms with Crippen LogP contribution in [-0.2, 0) is 14.2 Å². The highest BCUT2D eigenvalue weighted by molar-refractivity contribution is 7.98. The van der Waals surface area contributed by atoms with Crippen LogP contribution in [0.3, 0.4) is 0 Å². The smallest absolute Gasteiger partial charge is 0.192 e. The van der Waals surface area contributed by atoms with Crippen molar-refractivity contribution in [3.8, 4) is 0 Å². The fourth-order valence-corrected chi connectivity index (χ4v) is 4.02. The van der Waals surface area contributed by atoms with Crippen LogP contribution in [0.2, 0.25) is 0 Å². The molecule has 0 radical (unpaired) electrons. The average Bonchev–Trinajstić information content (AvgIpc) is 2.01. The zero-order valence-electron chi connectivity index (χ0n) is 10.8. The lowest BCUT2D eigenvalue weighted by atomic mass is 10.4. The standard InChI is InChI=1S/C10H24O3SSi/c1-7(2)12-10(15,13-8(3)4)9(11-5)14-6/h7-8,14H,1-6,15H3. The summed E-state index contributed by atoms with van der Waals surface area (Å²) in [5.41, 5.74) is -0.618. The Morgan fingerprint density at radius 1 is 1.13 bits per heavy atom. The van der Waals surface area contributed by atoms with Crippen LogP contribution in [0.25, 0.3) is 0 Å². The Balaban J connectivity index is 4.83. The molecule has 0 atom stereocenters. The van der Waals surface area contributed by atoms with Gasteiger partial charge in [-0.15, -0.1) is 0 Å². The molecule has 0 unspecified atom stereocenters. The van der Waals surface area contributed by atoms with Gasteiger partial charge in [-0.1, -0.05) is 0 Å². The first-order valence-corrected chi connectivity index (χ1v) is 7.56. The third-order valence-corrected chi connectivity index (χ3v) is 4.05. The second-order valence-electron chi connectivity index (χ2n) is 4.01. The Morgan fingerprint density at radius 2 is 1.53 bits per heavy atom. The highest BCUT2D eigenvalue weighted by atomic mass is 32.1. The number of thiol groups is 1. The normalized spacial score (nSPS) is 14.8. The molecule has 0 spiro atoms. The predicted octanol–water partition coefficient (Wildman–Crippen LogP) is 0.727. The van der Waals surface area contributed by atoms with Gasteiger partial charge in [0.1, 0.15) is 5.05 Å². The number of rotatable bonds is 5. The molecule has 5 heteroatoms. The largest absolute Gasteiger partial charge is 0.345 e. The lowest BCUT2D eigenvalue weighted by molar-refractivity contribution is -0.178. The van der Waals surface area contributed by atoms with Crippen LogP contribution in [0.5, 0.6) is 0 Å². The van der Waals surface area contributed by atoms with Crippen LogP contribution < -0.4 is 0 Å². The molecule has 0 amide bonds. The summed E-state index contributed by atoms with van der Waals surface area (Å²) in [6.07, 6.45) is 2.29. The van der Waals surface area contributed by atoms with E-state index in [1.807, 2.05) is 34.0 Å². The van der Waals surface area contributed by atoms with Crippen LogP contribution in [0.4, 0.5) is 0 Å². The highest BCUT2D eigenvalue weighted by Crippen LogP contribution is 2.19. The first kappa shape index (κ1) is 15.3. The Labute approximate surface area is 99.9 Å². The Bertz CT molecular complexity index is 207. The predicted molar refractivity (Wildman–Crippen MR) is 72.0 cm³/mol. The minimum Gasteiger partial charge on any atom is -0.345 e. The molecule has 0 aliphatic carbocycles. The van der Waals surface area contributed by atoms with Crippen LogP contribution in [0.1, 0.15) is 27.7 Å². The van der Waals surface area contributed by atoms with Crippen molar-refractivity contribution in [2.24, 2.45) is 0 Å². The zero-order valence-corrected chi connectivity index (χ0v) is 13.7. The summed E-state index contributed by atoms with van der Waals surface area (Å²) < 4.78 is 17.1. The first-order valence-electron chi connectivity index (χ1n) is 5.22. The molecule has 0 N–H and O–H groups in total. The fraction of sp³-hybridized carbons (Fsp3) is 0.900. The molecule has 92 valence electrons. The molecule has 0 aromatic carbocycles. The van der Waals surface area contributed by atoms with E-state index in [0.717, 1.165) is 26.6 Å². The van der Waals surface area contributed by atoms with Gasteiger partial charge in [-0.3, -0.25) is 0 Å². The maximum atomic E-state index is 5.86. The Morgan fingerprint density at radius 3 is 1.73 bits per heavy atom. The Hall–Kier alpha value is 0.317. The van der Waals surface area contributed by atoms with E-state index in [1.165, 1.54) is 0 Å². The van der Waals surface area contributed by atoms with Crippen molar-refractivity contribution in [2.45, 2.75) is 45.3 Å². The molecule has 0 bridgehead atoms. The van der Waals surface area contributed by atoms with Crippen LogP contribution in [-0.4, -0.2) is 46.3 Å². The van der Waals surface area contributed by atoms with Crippen molar-refractivity contribution in [1.29, 1.82) is 0 Å². The quantitative estimate of drug-likeness (QED) is 0.338. The van der Waals surface area contributed by atoms with Gasteiger partial charge in [0.25, 0.3) is 0 Å². The maximum absolute atomic E-state index is 5.86. The molecule has 0 fully saturated rings. The van der Waals surface area contributed by atoms with Gasteiger partial charge < -0.3 is 14.2 Å².